The smallest absolute Gasteiger partial charge is 0.280 e. The van der Waals surface area contributed by atoms with Crippen molar-refractivity contribution in [1.82, 2.24) is 9.78 Å². The molecule has 0 spiro atoms. The molecule has 1 aliphatic rings. The van der Waals surface area contributed by atoms with Crippen LogP contribution in [-0.4, -0.2) is 46.3 Å². The van der Waals surface area contributed by atoms with Crippen LogP contribution in [0.15, 0.2) is 42.0 Å². The van der Waals surface area contributed by atoms with Crippen molar-refractivity contribution < 1.29 is 15.0 Å². The number of allylic oxidation sites excluding steroid dienone is 4. The molecule has 0 aromatic carbocycles. The van der Waals surface area contributed by atoms with Crippen LogP contribution in [0.25, 0.3) is 0 Å². The number of carbonyl (C=O) groups excluding carboxylic acids is 1. The van der Waals surface area contributed by atoms with Gasteiger partial charge in [-0.15, -0.1) is 0 Å². The van der Waals surface area contributed by atoms with Crippen molar-refractivity contribution in [3.05, 3.63) is 47.7 Å². The highest BCUT2D eigenvalue weighted by Crippen LogP contribution is 2.21. The second-order valence-corrected chi connectivity index (χ2v) is 7.10. The topological polar surface area (TPSA) is 78.6 Å². The van der Waals surface area contributed by atoms with Gasteiger partial charge in [-0.25, -0.2) is 0 Å². The van der Waals surface area contributed by atoms with Crippen LogP contribution in [0.2, 0.25) is 0 Å². The molecule has 1 heterocycles. The zero-order valence-corrected chi connectivity index (χ0v) is 19.1. The van der Waals surface area contributed by atoms with Crippen LogP contribution < -0.4 is 4.90 Å². The fourth-order valence-electron chi connectivity index (χ4n) is 2.53. The summed E-state index contributed by atoms with van der Waals surface area (Å²) < 4.78 is 1.14. The number of carbonyl (C=O) groups is 1. The van der Waals surface area contributed by atoms with E-state index in [4.69, 9.17) is 10.2 Å². The SMILES string of the molecule is C=C(C(=O)n1nc(C(C)C)cc1N(C)C)C(O)O.CC.CCCC1=CCCC=C1. The first kappa shape index (κ1) is 26.8. The minimum Gasteiger partial charge on any atom is -0.364 e. The Kier molecular flexibility index (Phi) is 12.9. The molecular formula is C23H39N3O3. The van der Waals surface area contributed by atoms with Gasteiger partial charge in [0.15, 0.2) is 6.29 Å². The molecule has 6 heteroatoms. The second-order valence-electron chi connectivity index (χ2n) is 7.10. The Balaban J connectivity index is 0.000000595. The van der Waals surface area contributed by atoms with Gasteiger partial charge in [0.1, 0.15) is 5.82 Å². The number of nitrogens with zero attached hydrogens (tertiary/aromatic N) is 3. The van der Waals surface area contributed by atoms with Gasteiger partial charge in [0.25, 0.3) is 5.91 Å². The van der Waals surface area contributed by atoms with E-state index >= 15 is 0 Å². The minimum absolute atomic E-state index is 0.171. The zero-order chi connectivity index (χ0) is 22.6. The summed E-state index contributed by atoms with van der Waals surface area (Å²) in [7, 11) is 3.56. The summed E-state index contributed by atoms with van der Waals surface area (Å²) in [6.07, 6.45) is 10.0. The molecule has 0 atom stereocenters. The summed E-state index contributed by atoms with van der Waals surface area (Å²) in [4.78, 5) is 13.7. The largest absolute Gasteiger partial charge is 0.364 e. The number of aliphatic hydroxyl groups is 2. The van der Waals surface area contributed by atoms with Gasteiger partial charge in [0.2, 0.25) is 0 Å². The first-order chi connectivity index (χ1) is 13.7. The summed E-state index contributed by atoms with van der Waals surface area (Å²) in [5.74, 6) is 0.121. The highest BCUT2D eigenvalue weighted by Gasteiger charge is 2.22. The molecule has 164 valence electrons. The van der Waals surface area contributed by atoms with E-state index in [2.05, 4.69) is 36.8 Å². The lowest BCUT2D eigenvalue weighted by Crippen LogP contribution is -2.26. The standard InChI is InChI=1S/C12H19N3O3.C9H14.C2H6/c1-7(2)9-6-10(14(4)5)15(13-9)11(16)8(3)12(17)18;1-2-6-9-7-4-3-5-8-9;1-2/h6-7,12,17-18H,3H2,1-2,4-5H3;4,7-8H,2-3,5-6H2,1H3;1-2H3. The Labute approximate surface area is 176 Å². The average Bonchev–Trinajstić information content (AvgIpc) is 3.16. The van der Waals surface area contributed by atoms with E-state index in [1.807, 2.05) is 27.7 Å². The number of aromatic nitrogens is 2. The van der Waals surface area contributed by atoms with E-state index < -0.39 is 12.2 Å². The molecule has 0 radical (unpaired) electrons. The molecule has 2 N–H and O–H groups in total. The van der Waals surface area contributed by atoms with Crippen molar-refractivity contribution in [3.63, 3.8) is 0 Å². The van der Waals surface area contributed by atoms with Crippen molar-refractivity contribution in [3.8, 4) is 0 Å². The molecule has 1 aromatic rings. The van der Waals surface area contributed by atoms with Gasteiger partial charge < -0.3 is 15.1 Å². The van der Waals surface area contributed by atoms with Gasteiger partial charge >= 0.3 is 0 Å². The summed E-state index contributed by atoms with van der Waals surface area (Å²) in [5, 5.41) is 22.1. The van der Waals surface area contributed by atoms with E-state index in [1.54, 1.807) is 25.1 Å². The molecule has 6 nitrogen and oxygen atoms in total. The maximum Gasteiger partial charge on any atom is 0.280 e. The lowest BCUT2D eigenvalue weighted by Gasteiger charge is -2.14. The van der Waals surface area contributed by atoms with E-state index in [9.17, 15) is 4.79 Å². The molecular weight excluding hydrogens is 366 g/mol. The zero-order valence-electron chi connectivity index (χ0n) is 19.1. The highest BCUT2D eigenvalue weighted by atomic mass is 16.5. The van der Waals surface area contributed by atoms with E-state index in [0.29, 0.717) is 5.82 Å². The maximum absolute atomic E-state index is 12.0. The molecule has 0 saturated heterocycles. The van der Waals surface area contributed by atoms with Crippen LogP contribution in [0.3, 0.4) is 0 Å². The van der Waals surface area contributed by atoms with E-state index in [0.717, 1.165) is 10.4 Å². The van der Waals surface area contributed by atoms with Gasteiger partial charge in [-0.05, 0) is 25.2 Å². The Morgan fingerprint density at radius 2 is 1.90 bits per heavy atom. The maximum atomic E-state index is 12.0. The predicted octanol–water partition coefficient (Wildman–Crippen LogP) is 4.67. The van der Waals surface area contributed by atoms with Gasteiger partial charge in [-0.1, -0.05) is 71.4 Å². The van der Waals surface area contributed by atoms with Crippen molar-refractivity contribution >= 4 is 11.7 Å². The number of hydrogen-bond acceptors (Lipinski definition) is 5. The lowest BCUT2D eigenvalue weighted by molar-refractivity contribution is -0.00816. The Bertz CT molecular complexity index is 698. The lowest BCUT2D eigenvalue weighted by atomic mass is 10.0. The molecule has 0 amide bonds. The highest BCUT2D eigenvalue weighted by molar-refractivity contribution is 5.96. The summed E-state index contributed by atoms with van der Waals surface area (Å²) in [6.45, 7) is 13.5. The van der Waals surface area contributed by atoms with Gasteiger partial charge in [-0.3, -0.25) is 4.79 Å². The normalized spacial score (nSPS) is 12.6. The molecule has 0 aliphatic heterocycles. The molecule has 0 fully saturated rings. The molecule has 0 bridgehead atoms. The molecule has 0 saturated carbocycles. The Hall–Kier alpha value is -2.18. The summed E-state index contributed by atoms with van der Waals surface area (Å²) >= 11 is 0. The number of rotatable bonds is 6. The third-order valence-corrected chi connectivity index (χ3v) is 4.15. The van der Waals surface area contributed by atoms with Crippen molar-refractivity contribution in [2.75, 3.05) is 19.0 Å². The molecule has 2 rings (SSSR count). The average molecular weight is 406 g/mol. The molecule has 29 heavy (non-hydrogen) atoms. The fraction of sp³-hybridized carbons (Fsp3) is 0.565. The molecule has 0 unspecified atom stereocenters. The monoisotopic (exact) mass is 405 g/mol. The Morgan fingerprint density at radius 3 is 2.31 bits per heavy atom. The van der Waals surface area contributed by atoms with Gasteiger partial charge in [-0.2, -0.15) is 9.78 Å². The van der Waals surface area contributed by atoms with Crippen LogP contribution in [0.4, 0.5) is 5.82 Å². The predicted molar refractivity (Wildman–Crippen MR) is 121 cm³/mol. The Morgan fingerprint density at radius 1 is 1.28 bits per heavy atom. The van der Waals surface area contributed by atoms with Crippen LogP contribution in [0.1, 0.15) is 76.7 Å². The number of aliphatic hydroxyl groups excluding tert-OH is 1. The van der Waals surface area contributed by atoms with Crippen molar-refractivity contribution in [2.24, 2.45) is 0 Å². The number of hydrogen-bond donors (Lipinski definition) is 2. The quantitative estimate of drug-likeness (QED) is 0.531. The minimum atomic E-state index is -1.88. The third kappa shape index (κ3) is 8.79. The first-order valence-corrected chi connectivity index (χ1v) is 10.4. The van der Waals surface area contributed by atoms with Crippen LogP contribution in [0.5, 0.6) is 0 Å². The molecule has 1 aromatic heterocycles. The van der Waals surface area contributed by atoms with E-state index in [-0.39, 0.29) is 11.5 Å². The molecule has 1 aliphatic carbocycles. The van der Waals surface area contributed by atoms with Crippen molar-refractivity contribution in [2.45, 2.75) is 72.5 Å². The van der Waals surface area contributed by atoms with Crippen LogP contribution in [0, 0.1) is 0 Å². The third-order valence-electron chi connectivity index (χ3n) is 4.15. The first-order valence-electron chi connectivity index (χ1n) is 10.4. The summed E-state index contributed by atoms with van der Waals surface area (Å²) in [5.41, 5.74) is 1.98. The fourth-order valence-corrected chi connectivity index (χ4v) is 2.53. The van der Waals surface area contributed by atoms with Crippen LogP contribution >= 0.6 is 0 Å². The second kappa shape index (κ2) is 13.9. The van der Waals surface area contributed by atoms with Crippen molar-refractivity contribution in [1.29, 1.82) is 0 Å². The van der Waals surface area contributed by atoms with Gasteiger partial charge in [0, 0.05) is 20.2 Å². The summed E-state index contributed by atoms with van der Waals surface area (Å²) in [6, 6.07) is 1.79. The van der Waals surface area contributed by atoms with Gasteiger partial charge in [0.05, 0.1) is 11.3 Å². The van der Waals surface area contributed by atoms with E-state index in [1.165, 1.54) is 31.3 Å². The van der Waals surface area contributed by atoms with Crippen LogP contribution in [-0.2, 0) is 0 Å². The number of anilines is 1.